The fourth-order valence-electron chi connectivity index (χ4n) is 2.45. The van der Waals surface area contributed by atoms with Gasteiger partial charge in [0.1, 0.15) is 5.82 Å². The van der Waals surface area contributed by atoms with Crippen LogP contribution in [-0.4, -0.2) is 17.3 Å². The van der Waals surface area contributed by atoms with E-state index >= 15 is 0 Å². The summed E-state index contributed by atoms with van der Waals surface area (Å²) in [6.07, 6.45) is 4.66. The molecule has 1 amide bonds. The highest BCUT2D eigenvalue weighted by molar-refractivity contribution is 9.09. The van der Waals surface area contributed by atoms with Gasteiger partial charge in [0, 0.05) is 16.9 Å². The van der Waals surface area contributed by atoms with Crippen LogP contribution in [0.25, 0.3) is 0 Å². The van der Waals surface area contributed by atoms with Crippen molar-refractivity contribution >= 4 is 21.8 Å². The first-order chi connectivity index (χ1) is 9.06. The van der Waals surface area contributed by atoms with Crippen molar-refractivity contribution in [3.05, 3.63) is 35.1 Å². The minimum absolute atomic E-state index is 0.107. The molecule has 1 N–H and O–H groups in total. The minimum atomic E-state index is -0.271. The molecule has 0 radical (unpaired) electrons. The molecule has 1 saturated carbocycles. The van der Waals surface area contributed by atoms with Crippen molar-refractivity contribution in [3.8, 4) is 0 Å². The van der Waals surface area contributed by atoms with Crippen molar-refractivity contribution in [1.82, 2.24) is 5.32 Å². The standard InChI is InChI=1S/C15H19BrFNO/c1-10-8-12(4-7-14(10)17)15(19)18-9-11-2-5-13(16)6-3-11/h4,7-8,11,13H,2-3,5-6,9H2,1H3,(H,18,19). The average Bonchev–Trinajstić information content (AvgIpc) is 2.41. The molecular weight excluding hydrogens is 309 g/mol. The van der Waals surface area contributed by atoms with E-state index in [2.05, 4.69) is 21.2 Å². The quantitative estimate of drug-likeness (QED) is 0.840. The Morgan fingerprint density at radius 3 is 2.68 bits per heavy atom. The Balaban J connectivity index is 1.85. The van der Waals surface area contributed by atoms with Gasteiger partial charge in [0.25, 0.3) is 5.91 Å². The number of aryl methyl sites for hydroxylation is 1. The highest BCUT2D eigenvalue weighted by atomic mass is 79.9. The Labute approximate surface area is 121 Å². The molecule has 1 aliphatic carbocycles. The van der Waals surface area contributed by atoms with Gasteiger partial charge in [0.15, 0.2) is 0 Å². The van der Waals surface area contributed by atoms with Gasteiger partial charge < -0.3 is 5.32 Å². The van der Waals surface area contributed by atoms with Gasteiger partial charge in [-0.1, -0.05) is 15.9 Å². The second-order valence-electron chi connectivity index (χ2n) is 5.29. The SMILES string of the molecule is Cc1cc(C(=O)NCC2CCC(Br)CC2)ccc1F. The van der Waals surface area contributed by atoms with Crippen LogP contribution in [0.15, 0.2) is 18.2 Å². The number of benzene rings is 1. The Morgan fingerprint density at radius 1 is 1.37 bits per heavy atom. The van der Waals surface area contributed by atoms with Crippen molar-refractivity contribution in [2.75, 3.05) is 6.54 Å². The van der Waals surface area contributed by atoms with Gasteiger partial charge >= 0.3 is 0 Å². The molecule has 2 rings (SSSR count). The van der Waals surface area contributed by atoms with Gasteiger partial charge in [-0.05, 0) is 62.3 Å². The molecule has 0 unspecified atom stereocenters. The zero-order valence-corrected chi connectivity index (χ0v) is 12.7. The van der Waals surface area contributed by atoms with Gasteiger partial charge in [-0.2, -0.15) is 0 Å². The van der Waals surface area contributed by atoms with Crippen molar-refractivity contribution in [1.29, 1.82) is 0 Å². The Hall–Kier alpha value is -0.900. The van der Waals surface area contributed by atoms with Crippen molar-refractivity contribution < 1.29 is 9.18 Å². The van der Waals surface area contributed by atoms with E-state index in [9.17, 15) is 9.18 Å². The normalized spacial score (nSPS) is 23.1. The molecular formula is C15H19BrFNO. The van der Waals surface area contributed by atoms with Gasteiger partial charge in [0.2, 0.25) is 0 Å². The third kappa shape index (κ3) is 4.03. The predicted octanol–water partition coefficient (Wildman–Crippen LogP) is 3.82. The third-order valence-corrected chi connectivity index (χ3v) is 4.66. The molecule has 1 aliphatic rings. The molecule has 0 aromatic heterocycles. The number of rotatable bonds is 3. The molecule has 0 spiro atoms. The van der Waals surface area contributed by atoms with E-state index in [4.69, 9.17) is 0 Å². The molecule has 0 saturated heterocycles. The van der Waals surface area contributed by atoms with E-state index in [0.717, 1.165) is 19.4 Å². The summed E-state index contributed by atoms with van der Waals surface area (Å²) in [5.41, 5.74) is 1.04. The number of carbonyl (C=O) groups excluding carboxylic acids is 1. The highest BCUT2D eigenvalue weighted by Gasteiger charge is 2.19. The monoisotopic (exact) mass is 327 g/mol. The summed E-state index contributed by atoms with van der Waals surface area (Å²) >= 11 is 3.62. The number of alkyl halides is 1. The van der Waals surface area contributed by atoms with E-state index in [1.807, 2.05) is 0 Å². The minimum Gasteiger partial charge on any atom is -0.352 e. The lowest BCUT2D eigenvalue weighted by Gasteiger charge is -2.25. The number of hydrogen-bond acceptors (Lipinski definition) is 1. The second kappa shape index (κ2) is 6.51. The summed E-state index contributed by atoms with van der Waals surface area (Å²) in [5, 5.41) is 2.95. The van der Waals surface area contributed by atoms with Crippen LogP contribution in [0.1, 0.15) is 41.6 Å². The first-order valence-electron chi connectivity index (χ1n) is 6.74. The molecule has 0 atom stereocenters. The van der Waals surface area contributed by atoms with Gasteiger partial charge in [-0.3, -0.25) is 4.79 Å². The Kier molecular flexibility index (Phi) is 4.97. The third-order valence-electron chi connectivity index (χ3n) is 3.75. The maximum absolute atomic E-state index is 13.1. The molecule has 0 aliphatic heterocycles. The van der Waals surface area contributed by atoms with Crippen molar-refractivity contribution in [3.63, 3.8) is 0 Å². The van der Waals surface area contributed by atoms with E-state index < -0.39 is 0 Å². The highest BCUT2D eigenvalue weighted by Crippen LogP contribution is 2.28. The molecule has 1 fully saturated rings. The summed E-state index contributed by atoms with van der Waals surface area (Å²) < 4.78 is 13.1. The van der Waals surface area contributed by atoms with E-state index in [1.165, 1.54) is 25.0 Å². The van der Waals surface area contributed by atoms with Crippen LogP contribution in [-0.2, 0) is 0 Å². The van der Waals surface area contributed by atoms with Gasteiger partial charge in [0.05, 0.1) is 0 Å². The van der Waals surface area contributed by atoms with Crippen LogP contribution in [0.4, 0.5) is 4.39 Å². The first kappa shape index (κ1) is 14.5. The van der Waals surface area contributed by atoms with Crippen molar-refractivity contribution in [2.45, 2.75) is 37.4 Å². The van der Waals surface area contributed by atoms with Crippen LogP contribution < -0.4 is 5.32 Å². The largest absolute Gasteiger partial charge is 0.352 e. The number of nitrogens with one attached hydrogen (secondary N) is 1. The first-order valence-corrected chi connectivity index (χ1v) is 7.66. The molecule has 1 aromatic carbocycles. The molecule has 0 heterocycles. The van der Waals surface area contributed by atoms with Crippen LogP contribution in [0.2, 0.25) is 0 Å². The van der Waals surface area contributed by atoms with Gasteiger partial charge in [-0.15, -0.1) is 0 Å². The van der Waals surface area contributed by atoms with Crippen LogP contribution in [0, 0.1) is 18.7 Å². The fourth-order valence-corrected chi connectivity index (χ4v) is 2.98. The average molecular weight is 328 g/mol. The Bertz CT molecular complexity index is 455. The number of carbonyl (C=O) groups is 1. The molecule has 0 bridgehead atoms. The summed E-state index contributed by atoms with van der Waals surface area (Å²) in [6.45, 7) is 2.39. The summed E-state index contributed by atoms with van der Waals surface area (Å²) in [4.78, 5) is 12.6. The van der Waals surface area contributed by atoms with E-state index in [0.29, 0.717) is 21.9 Å². The second-order valence-corrected chi connectivity index (χ2v) is 6.59. The summed E-state index contributed by atoms with van der Waals surface area (Å²) in [5.74, 6) is 0.190. The zero-order chi connectivity index (χ0) is 13.8. The van der Waals surface area contributed by atoms with Gasteiger partial charge in [-0.25, -0.2) is 4.39 Å². The fraction of sp³-hybridized carbons (Fsp3) is 0.533. The lowest BCUT2D eigenvalue weighted by Crippen LogP contribution is -2.31. The number of hydrogen-bond donors (Lipinski definition) is 1. The molecule has 2 nitrogen and oxygen atoms in total. The molecule has 104 valence electrons. The molecule has 1 aromatic rings. The zero-order valence-electron chi connectivity index (χ0n) is 11.1. The van der Waals surface area contributed by atoms with Crippen LogP contribution in [0.3, 0.4) is 0 Å². The number of amides is 1. The summed E-state index contributed by atoms with van der Waals surface area (Å²) in [6, 6.07) is 4.48. The predicted molar refractivity (Wildman–Crippen MR) is 78.1 cm³/mol. The smallest absolute Gasteiger partial charge is 0.251 e. The molecule has 4 heteroatoms. The lowest BCUT2D eigenvalue weighted by molar-refractivity contribution is 0.0943. The topological polar surface area (TPSA) is 29.1 Å². The Morgan fingerprint density at radius 2 is 2.05 bits per heavy atom. The maximum Gasteiger partial charge on any atom is 0.251 e. The maximum atomic E-state index is 13.1. The van der Waals surface area contributed by atoms with Crippen LogP contribution >= 0.6 is 15.9 Å². The summed E-state index contributed by atoms with van der Waals surface area (Å²) in [7, 11) is 0. The lowest BCUT2D eigenvalue weighted by atomic mass is 9.89. The van der Waals surface area contributed by atoms with E-state index in [-0.39, 0.29) is 11.7 Å². The number of halogens is 2. The van der Waals surface area contributed by atoms with E-state index in [1.54, 1.807) is 13.0 Å². The van der Waals surface area contributed by atoms with Crippen LogP contribution in [0.5, 0.6) is 0 Å². The van der Waals surface area contributed by atoms with Crippen molar-refractivity contribution in [2.24, 2.45) is 5.92 Å². The molecule has 19 heavy (non-hydrogen) atoms.